The second-order valence-corrected chi connectivity index (χ2v) is 12.3. The molecular formula is C24H31Cl2NO2Zn. The standard InChI is InChI=1S/C24H30NO2.2ClH.Zn/c1-4-24(19(2)3,18-20-8-6-5-7-9-20)23(26)21-10-12-22(13-11-21)25-14-16-27-17-15-25;;;/h5-13H,4,14-18H2,1-3H3;2*1H;/q-1;;;+2/p-1. The molecule has 1 saturated heterocycles. The Kier molecular flexibility index (Phi) is 10.8. The van der Waals surface area contributed by atoms with Crippen LogP contribution in [-0.2, 0) is 26.3 Å². The van der Waals surface area contributed by atoms with Gasteiger partial charge in [0.25, 0.3) is 0 Å². The first kappa shape index (κ1) is 25.3. The molecule has 0 spiro atoms. The van der Waals surface area contributed by atoms with Crippen LogP contribution < -0.4 is 0 Å². The van der Waals surface area contributed by atoms with E-state index in [2.05, 4.69) is 73.9 Å². The summed E-state index contributed by atoms with van der Waals surface area (Å²) in [4.78, 5) is 0. The van der Waals surface area contributed by atoms with Crippen molar-refractivity contribution in [3.05, 3.63) is 77.4 Å². The van der Waals surface area contributed by atoms with Gasteiger partial charge in [0, 0.05) is 17.7 Å². The Morgan fingerprint density at radius 1 is 1.10 bits per heavy atom. The van der Waals surface area contributed by atoms with Gasteiger partial charge < -0.3 is 15.8 Å². The molecule has 2 aliphatic rings. The molecule has 6 heteroatoms. The third-order valence-electron chi connectivity index (χ3n) is 5.88. The number of halogens is 2. The van der Waals surface area contributed by atoms with E-state index in [1.54, 1.807) is 0 Å². The van der Waals surface area contributed by atoms with Crippen molar-refractivity contribution in [3.8, 4) is 0 Å². The van der Waals surface area contributed by atoms with Crippen LogP contribution in [-0.4, -0.2) is 41.7 Å². The van der Waals surface area contributed by atoms with Crippen molar-refractivity contribution in [2.45, 2.75) is 33.6 Å². The zero-order valence-electron chi connectivity index (χ0n) is 18.2. The van der Waals surface area contributed by atoms with Gasteiger partial charge in [0.05, 0.1) is 5.76 Å². The molecule has 1 fully saturated rings. The second kappa shape index (κ2) is 12.8. The first-order chi connectivity index (χ1) is 14.5. The van der Waals surface area contributed by atoms with E-state index in [1.165, 1.54) is 17.2 Å². The van der Waals surface area contributed by atoms with Crippen LogP contribution >= 0.6 is 19.4 Å². The molecule has 0 bridgehead atoms. The molecule has 160 valence electrons. The van der Waals surface area contributed by atoms with Crippen molar-refractivity contribution in [2.75, 3.05) is 26.3 Å². The fourth-order valence-corrected chi connectivity index (χ4v) is 4.02. The van der Waals surface area contributed by atoms with Gasteiger partial charge in [0.2, 0.25) is 0 Å². The van der Waals surface area contributed by atoms with Crippen LogP contribution in [0.3, 0.4) is 0 Å². The number of aliphatic hydroxyl groups excluding tert-OH is 1. The normalized spacial score (nSPS) is 17.9. The summed E-state index contributed by atoms with van der Waals surface area (Å²) in [6, 6.07) is 10.4. The number of hydrogen-bond donors (Lipinski definition) is 1. The SMILES string of the molecule is CCC(Cc1ccccc1)(C(O)=C1C=CC(=[N+]2CCOCC2)C=C1)[C-](C)C.[Cl][Zn][Cl]. The minimum atomic E-state index is -0.931. The molecule has 30 heavy (non-hydrogen) atoms. The Morgan fingerprint density at radius 2 is 1.67 bits per heavy atom. The molecule has 1 heterocycles. The number of hydrogen-bond acceptors (Lipinski definition) is 2. The number of aliphatic hydroxyl groups is 1. The Morgan fingerprint density at radius 3 is 2.17 bits per heavy atom. The van der Waals surface area contributed by atoms with E-state index in [9.17, 15) is 5.11 Å². The monoisotopic (exact) mass is 499 g/mol. The van der Waals surface area contributed by atoms with Crippen molar-refractivity contribution in [1.82, 2.24) is 0 Å². The van der Waals surface area contributed by atoms with Gasteiger partial charge in [0.1, 0.15) is 13.2 Å². The van der Waals surface area contributed by atoms with Crippen LogP contribution in [0.5, 0.6) is 0 Å². The average Bonchev–Trinajstić information content (AvgIpc) is 2.79. The molecule has 1 unspecified atom stereocenters. The van der Waals surface area contributed by atoms with E-state index >= 15 is 0 Å². The van der Waals surface area contributed by atoms with E-state index in [0.29, 0.717) is 5.76 Å². The maximum atomic E-state index is 11.3. The number of benzene rings is 1. The van der Waals surface area contributed by atoms with Crippen molar-refractivity contribution >= 4 is 25.1 Å². The maximum absolute atomic E-state index is 11.3. The predicted octanol–water partition coefficient (Wildman–Crippen LogP) is 6.04. The minimum absolute atomic E-state index is 0.345. The quantitative estimate of drug-likeness (QED) is 0.231. The van der Waals surface area contributed by atoms with Gasteiger partial charge in [-0.3, -0.25) is 0 Å². The predicted molar refractivity (Wildman–Crippen MR) is 123 cm³/mol. The molecule has 1 atom stereocenters. The third-order valence-corrected chi connectivity index (χ3v) is 5.88. The van der Waals surface area contributed by atoms with Gasteiger partial charge in [0.15, 0.2) is 18.8 Å². The molecule has 0 aromatic heterocycles. The summed E-state index contributed by atoms with van der Waals surface area (Å²) < 4.78 is 7.77. The summed E-state index contributed by atoms with van der Waals surface area (Å²) in [6.45, 7) is 9.82. The molecule has 0 radical (unpaired) electrons. The summed E-state index contributed by atoms with van der Waals surface area (Å²) in [5.41, 5.74) is 3.00. The summed E-state index contributed by atoms with van der Waals surface area (Å²) >= 11 is -0.931. The number of rotatable bonds is 5. The summed E-state index contributed by atoms with van der Waals surface area (Å²) in [7, 11) is 9.90. The van der Waals surface area contributed by atoms with E-state index in [4.69, 9.17) is 24.1 Å². The molecule has 1 aromatic rings. The molecule has 1 aliphatic heterocycles. The van der Waals surface area contributed by atoms with E-state index in [-0.39, 0.29) is 5.41 Å². The molecule has 0 saturated carbocycles. The molecule has 0 amide bonds. The Labute approximate surface area is 196 Å². The fraction of sp³-hybridized carbons (Fsp3) is 0.417. The second-order valence-electron chi connectivity index (χ2n) is 7.69. The molecular weight excluding hydrogens is 471 g/mol. The van der Waals surface area contributed by atoms with Gasteiger partial charge in [-0.05, 0) is 24.1 Å². The van der Waals surface area contributed by atoms with Crippen LogP contribution in [0.2, 0.25) is 0 Å². The van der Waals surface area contributed by atoms with Crippen molar-refractivity contribution in [1.29, 1.82) is 0 Å². The van der Waals surface area contributed by atoms with E-state index in [0.717, 1.165) is 44.7 Å². The molecule has 3 nitrogen and oxygen atoms in total. The number of morpholine rings is 1. The van der Waals surface area contributed by atoms with Gasteiger partial charge in [-0.1, -0.05) is 49.1 Å². The van der Waals surface area contributed by atoms with Gasteiger partial charge in [-0.2, -0.15) is 13.8 Å². The zero-order chi connectivity index (χ0) is 22.0. The van der Waals surface area contributed by atoms with Crippen LogP contribution in [0, 0.1) is 11.3 Å². The molecule has 3 rings (SSSR count). The topological polar surface area (TPSA) is 32.5 Å². The van der Waals surface area contributed by atoms with Crippen LogP contribution in [0.15, 0.2) is 66.0 Å². The summed E-state index contributed by atoms with van der Waals surface area (Å²) in [5.74, 6) is 1.71. The Hall–Kier alpha value is -0.927. The first-order valence-electron chi connectivity index (χ1n) is 10.4. The molecule has 1 aromatic carbocycles. The Balaban J connectivity index is 0.00000101. The summed E-state index contributed by atoms with van der Waals surface area (Å²) in [5, 5.41) is 11.3. The third kappa shape index (κ3) is 6.53. The van der Waals surface area contributed by atoms with Gasteiger partial charge in [-0.25, -0.2) is 4.58 Å². The first-order valence-corrected chi connectivity index (χ1v) is 18.2. The molecule has 1 aliphatic carbocycles. The zero-order valence-corrected chi connectivity index (χ0v) is 22.7. The van der Waals surface area contributed by atoms with Crippen molar-refractivity contribution < 1.29 is 29.6 Å². The Bertz CT molecular complexity index is 777. The van der Waals surface area contributed by atoms with Crippen LogP contribution in [0.25, 0.3) is 0 Å². The van der Waals surface area contributed by atoms with E-state index < -0.39 is 15.1 Å². The number of allylic oxidation sites excluding steroid dienone is 6. The van der Waals surface area contributed by atoms with Crippen LogP contribution in [0.4, 0.5) is 0 Å². The van der Waals surface area contributed by atoms with E-state index in [1.807, 2.05) is 6.07 Å². The van der Waals surface area contributed by atoms with Crippen LogP contribution in [0.1, 0.15) is 32.8 Å². The molecule has 1 N–H and O–H groups in total. The number of ether oxygens (including phenoxy) is 1. The van der Waals surface area contributed by atoms with Gasteiger partial charge in [-0.15, -0.1) is 0 Å². The van der Waals surface area contributed by atoms with Crippen molar-refractivity contribution in [3.63, 3.8) is 0 Å². The number of nitrogens with zero attached hydrogens (tertiary/aromatic N) is 1. The summed E-state index contributed by atoms with van der Waals surface area (Å²) in [6.07, 6.45) is 10.0. The fourth-order valence-electron chi connectivity index (χ4n) is 4.02. The van der Waals surface area contributed by atoms with Crippen molar-refractivity contribution in [2.24, 2.45) is 5.41 Å². The van der Waals surface area contributed by atoms with Gasteiger partial charge >= 0.3 is 34.5 Å². The average molecular weight is 502 g/mol.